The standard InChI is InChI=1S/C15H21N/c1-13(15-10-6-3-7-11-15)16-12-14-8-4-2-5-9-14/h2,4-5,8-9,12-13,15H,3,6-7,10-11H2,1H3. The molecule has 1 saturated carbocycles. The first-order valence-electron chi connectivity index (χ1n) is 6.44. The number of aliphatic imine (C=N–C) groups is 1. The van der Waals surface area contributed by atoms with E-state index in [0.29, 0.717) is 6.04 Å². The lowest BCUT2D eigenvalue weighted by Gasteiger charge is -2.24. The smallest absolute Gasteiger partial charge is 0.0499 e. The first-order chi connectivity index (χ1) is 7.86. The fourth-order valence-corrected chi connectivity index (χ4v) is 2.48. The molecule has 0 radical (unpaired) electrons. The van der Waals surface area contributed by atoms with Gasteiger partial charge in [-0.15, -0.1) is 0 Å². The first kappa shape index (κ1) is 11.4. The quantitative estimate of drug-likeness (QED) is 0.674. The molecule has 1 heteroatoms. The van der Waals surface area contributed by atoms with Crippen molar-refractivity contribution in [1.29, 1.82) is 0 Å². The molecule has 1 aromatic rings. The summed E-state index contributed by atoms with van der Waals surface area (Å²) in [5.74, 6) is 0.814. The van der Waals surface area contributed by atoms with Gasteiger partial charge in [-0.2, -0.15) is 0 Å². The minimum Gasteiger partial charge on any atom is -0.289 e. The summed E-state index contributed by atoms with van der Waals surface area (Å²) >= 11 is 0. The molecule has 1 aromatic carbocycles. The molecule has 1 atom stereocenters. The zero-order valence-electron chi connectivity index (χ0n) is 10.1. The van der Waals surface area contributed by atoms with Gasteiger partial charge in [0.25, 0.3) is 0 Å². The second kappa shape index (κ2) is 5.83. The summed E-state index contributed by atoms with van der Waals surface area (Å²) in [6.45, 7) is 2.26. The number of hydrogen-bond acceptors (Lipinski definition) is 1. The van der Waals surface area contributed by atoms with Gasteiger partial charge in [-0.3, -0.25) is 4.99 Å². The molecule has 0 aromatic heterocycles. The number of nitrogens with zero attached hydrogens (tertiary/aromatic N) is 1. The van der Waals surface area contributed by atoms with Gasteiger partial charge in [0.2, 0.25) is 0 Å². The largest absolute Gasteiger partial charge is 0.289 e. The summed E-state index contributed by atoms with van der Waals surface area (Å²) in [7, 11) is 0. The van der Waals surface area contributed by atoms with E-state index in [-0.39, 0.29) is 0 Å². The molecule has 0 saturated heterocycles. The van der Waals surface area contributed by atoms with Crippen LogP contribution in [-0.4, -0.2) is 12.3 Å². The van der Waals surface area contributed by atoms with E-state index in [1.807, 2.05) is 12.3 Å². The van der Waals surface area contributed by atoms with E-state index in [1.54, 1.807) is 0 Å². The average Bonchev–Trinajstić information content (AvgIpc) is 2.38. The third kappa shape index (κ3) is 3.19. The van der Waals surface area contributed by atoms with E-state index in [4.69, 9.17) is 4.99 Å². The Labute approximate surface area is 98.6 Å². The molecule has 1 unspecified atom stereocenters. The number of hydrogen-bond donors (Lipinski definition) is 0. The van der Waals surface area contributed by atoms with Crippen molar-refractivity contribution in [1.82, 2.24) is 0 Å². The Balaban J connectivity index is 1.91. The van der Waals surface area contributed by atoms with Crippen LogP contribution in [0, 0.1) is 5.92 Å². The molecule has 1 nitrogen and oxygen atoms in total. The van der Waals surface area contributed by atoms with Crippen LogP contribution in [0.15, 0.2) is 35.3 Å². The predicted octanol–water partition coefficient (Wildman–Crippen LogP) is 4.07. The lowest BCUT2D eigenvalue weighted by Crippen LogP contribution is -2.18. The third-order valence-corrected chi connectivity index (χ3v) is 3.59. The first-order valence-corrected chi connectivity index (χ1v) is 6.44. The lowest BCUT2D eigenvalue weighted by atomic mass is 9.85. The van der Waals surface area contributed by atoms with Crippen LogP contribution in [0.25, 0.3) is 0 Å². The van der Waals surface area contributed by atoms with E-state index < -0.39 is 0 Å². The molecule has 0 heterocycles. The minimum absolute atomic E-state index is 0.487. The molecule has 1 fully saturated rings. The third-order valence-electron chi connectivity index (χ3n) is 3.59. The Morgan fingerprint density at radius 1 is 1.12 bits per heavy atom. The number of rotatable bonds is 3. The van der Waals surface area contributed by atoms with Crippen molar-refractivity contribution in [2.45, 2.75) is 45.1 Å². The molecule has 16 heavy (non-hydrogen) atoms. The zero-order valence-corrected chi connectivity index (χ0v) is 10.1. The molecule has 0 N–H and O–H groups in total. The Bertz CT molecular complexity index is 323. The SMILES string of the molecule is CC(N=Cc1ccccc1)C1CCCCC1. The average molecular weight is 215 g/mol. The lowest BCUT2D eigenvalue weighted by molar-refractivity contribution is 0.318. The zero-order chi connectivity index (χ0) is 11.2. The minimum atomic E-state index is 0.487. The molecule has 0 spiro atoms. The molecule has 2 rings (SSSR count). The van der Waals surface area contributed by atoms with Crippen molar-refractivity contribution < 1.29 is 0 Å². The van der Waals surface area contributed by atoms with Gasteiger partial charge in [0.1, 0.15) is 0 Å². The second-order valence-electron chi connectivity index (χ2n) is 4.83. The Kier molecular flexibility index (Phi) is 4.15. The van der Waals surface area contributed by atoms with Gasteiger partial charge in [-0.1, -0.05) is 49.6 Å². The van der Waals surface area contributed by atoms with E-state index in [0.717, 1.165) is 5.92 Å². The van der Waals surface area contributed by atoms with Crippen molar-refractivity contribution in [2.24, 2.45) is 10.9 Å². The van der Waals surface area contributed by atoms with Crippen molar-refractivity contribution in [3.05, 3.63) is 35.9 Å². The topological polar surface area (TPSA) is 12.4 Å². The van der Waals surface area contributed by atoms with Gasteiger partial charge in [0.05, 0.1) is 0 Å². The molecule has 0 bridgehead atoms. The number of benzene rings is 1. The van der Waals surface area contributed by atoms with E-state index >= 15 is 0 Å². The van der Waals surface area contributed by atoms with Crippen LogP contribution in [0.5, 0.6) is 0 Å². The summed E-state index contributed by atoms with van der Waals surface area (Å²) in [5, 5.41) is 0. The van der Waals surface area contributed by atoms with Gasteiger partial charge in [-0.05, 0) is 31.2 Å². The highest BCUT2D eigenvalue weighted by atomic mass is 14.8. The van der Waals surface area contributed by atoms with Crippen molar-refractivity contribution in [3.63, 3.8) is 0 Å². The maximum absolute atomic E-state index is 4.69. The van der Waals surface area contributed by atoms with Crippen LogP contribution in [0.1, 0.15) is 44.6 Å². The second-order valence-corrected chi connectivity index (χ2v) is 4.83. The Morgan fingerprint density at radius 3 is 2.50 bits per heavy atom. The van der Waals surface area contributed by atoms with Crippen LogP contribution in [0.2, 0.25) is 0 Å². The summed E-state index contributed by atoms with van der Waals surface area (Å²) in [4.78, 5) is 4.69. The highest BCUT2D eigenvalue weighted by molar-refractivity contribution is 5.79. The summed E-state index contributed by atoms with van der Waals surface area (Å²) in [6, 6.07) is 10.9. The monoisotopic (exact) mass is 215 g/mol. The molecular formula is C15H21N. The molecule has 1 aliphatic carbocycles. The highest BCUT2D eigenvalue weighted by Crippen LogP contribution is 2.27. The molecule has 1 aliphatic rings. The fourth-order valence-electron chi connectivity index (χ4n) is 2.48. The summed E-state index contributed by atoms with van der Waals surface area (Å²) < 4.78 is 0. The fraction of sp³-hybridized carbons (Fsp3) is 0.533. The van der Waals surface area contributed by atoms with E-state index in [2.05, 4.69) is 31.2 Å². The van der Waals surface area contributed by atoms with Crippen molar-refractivity contribution in [3.8, 4) is 0 Å². The summed E-state index contributed by atoms with van der Waals surface area (Å²) in [6.07, 6.45) is 8.98. The van der Waals surface area contributed by atoms with Gasteiger partial charge in [-0.25, -0.2) is 0 Å². The van der Waals surface area contributed by atoms with Gasteiger partial charge >= 0.3 is 0 Å². The van der Waals surface area contributed by atoms with Crippen LogP contribution in [0.3, 0.4) is 0 Å². The predicted molar refractivity (Wildman–Crippen MR) is 70.1 cm³/mol. The van der Waals surface area contributed by atoms with Crippen LogP contribution < -0.4 is 0 Å². The Hall–Kier alpha value is -1.11. The highest BCUT2D eigenvalue weighted by Gasteiger charge is 2.18. The van der Waals surface area contributed by atoms with Crippen LogP contribution >= 0.6 is 0 Å². The van der Waals surface area contributed by atoms with Gasteiger partial charge in [0.15, 0.2) is 0 Å². The molecule has 0 amide bonds. The van der Waals surface area contributed by atoms with Crippen molar-refractivity contribution in [2.75, 3.05) is 0 Å². The normalized spacial score (nSPS) is 20.1. The van der Waals surface area contributed by atoms with Crippen LogP contribution in [-0.2, 0) is 0 Å². The van der Waals surface area contributed by atoms with E-state index in [1.165, 1.54) is 37.7 Å². The van der Waals surface area contributed by atoms with E-state index in [9.17, 15) is 0 Å². The summed E-state index contributed by atoms with van der Waals surface area (Å²) in [5.41, 5.74) is 1.21. The maximum atomic E-state index is 4.69. The molecule has 0 aliphatic heterocycles. The van der Waals surface area contributed by atoms with Gasteiger partial charge < -0.3 is 0 Å². The van der Waals surface area contributed by atoms with Crippen molar-refractivity contribution >= 4 is 6.21 Å². The molecular weight excluding hydrogens is 194 g/mol. The maximum Gasteiger partial charge on any atom is 0.0499 e. The van der Waals surface area contributed by atoms with Crippen LogP contribution in [0.4, 0.5) is 0 Å². The Morgan fingerprint density at radius 2 is 1.81 bits per heavy atom. The van der Waals surface area contributed by atoms with Gasteiger partial charge in [0, 0.05) is 12.3 Å². The molecule has 86 valence electrons.